The van der Waals surface area contributed by atoms with Crippen LogP contribution < -0.4 is 25.3 Å². The van der Waals surface area contributed by atoms with E-state index >= 15 is 0 Å². The van der Waals surface area contributed by atoms with Crippen LogP contribution >= 0.6 is 11.3 Å². The van der Waals surface area contributed by atoms with E-state index in [0.717, 1.165) is 10.1 Å². The number of anilines is 1. The van der Waals surface area contributed by atoms with E-state index in [2.05, 4.69) is 15.4 Å². The van der Waals surface area contributed by atoms with Gasteiger partial charge in [-0.25, -0.2) is 4.98 Å². The smallest absolute Gasteiger partial charge is 0.307 e. The number of allylic oxidation sites excluding steroid dienone is 2. The first-order chi connectivity index (χ1) is 24.0. The van der Waals surface area contributed by atoms with Crippen LogP contribution in [0.4, 0.5) is 5.95 Å². The fourth-order valence-corrected chi connectivity index (χ4v) is 7.09. The maximum atomic E-state index is 13.4. The Morgan fingerprint density at radius 2 is 1.88 bits per heavy atom. The van der Waals surface area contributed by atoms with Crippen LogP contribution in [0.1, 0.15) is 68.4 Å². The van der Waals surface area contributed by atoms with Crippen LogP contribution in [0.25, 0.3) is 21.1 Å². The van der Waals surface area contributed by atoms with Crippen molar-refractivity contribution in [2.45, 2.75) is 45.7 Å². The highest BCUT2D eigenvalue weighted by atomic mass is 32.1. The van der Waals surface area contributed by atoms with Gasteiger partial charge in [-0.05, 0) is 62.4 Å². The number of aromatic nitrogens is 4. The van der Waals surface area contributed by atoms with Gasteiger partial charge in [-0.3, -0.25) is 33.7 Å². The first-order valence-electron chi connectivity index (χ1n) is 15.9. The number of aryl methyl sites for hydroxylation is 2. The minimum Gasteiger partial charge on any atom is -0.493 e. The lowest BCUT2D eigenvalue weighted by atomic mass is 9.97. The normalized spacial score (nSPS) is 14.5. The minimum absolute atomic E-state index is 0.128. The van der Waals surface area contributed by atoms with Crippen molar-refractivity contribution in [3.05, 3.63) is 70.4 Å². The Morgan fingerprint density at radius 1 is 1.12 bits per heavy atom. The summed E-state index contributed by atoms with van der Waals surface area (Å²) < 4.78 is 21.0. The van der Waals surface area contributed by atoms with Crippen LogP contribution in [0.5, 0.6) is 17.2 Å². The van der Waals surface area contributed by atoms with Gasteiger partial charge in [0.25, 0.3) is 5.91 Å². The Balaban J connectivity index is 1.20. The number of nitrogens with two attached hydrogens (primary N) is 1. The van der Waals surface area contributed by atoms with Gasteiger partial charge in [-0.15, -0.1) is 11.3 Å². The predicted octanol–water partition coefficient (Wildman–Crippen LogP) is 5.39. The topological polar surface area (TPSA) is 190 Å². The molecule has 0 bridgehead atoms. The molecule has 6 rings (SSSR count). The third kappa shape index (κ3) is 6.63. The van der Waals surface area contributed by atoms with Gasteiger partial charge in [0.05, 0.1) is 42.3 Å². The Morgan fingerprint density at radius 3 is 2.58 bits per heavy atom. The maximum absolute atomic E-state index is 13.4. The number of carboxylic acid groups (broad SMARTS) is 1. The van der Waals surface area contributed by atoms with E-state index in [1.54, 1.807) is 54.1 Å². The number of amides is 2. The van der Waals surface area contributed by atoms with Crippen molar-refractivity contribution < 1.29 is 38.5 Å². The summed E-state index contributed by atoms with van der Waals surface area (Å²) in [6.07, 6.45) is 3.94. The summed E-state index contributed by atoms with van der Waals surface area (Å²) in [5.41, 5.74) is 7.84. The molecule has 14 nitrogen and oxygen atoms in total. The summed E-state index contributed by atoms with van der Waals surface area (Å²) in [4.78, 5) is 55.9. The number of carbonyl (C=O) groups is 4. The quantitative estimate of drug-likeness (QED) is 0.100. The highest BCUT2D eigenvalue weighted by molar-refractivity contribution is 7.20. The highest BCUT2D eigenvalue weighted by Crippen LogP contribution is 2.39. The summed E-state index contributed by atoms with van der Waals surface area (Å²) >= 11 is 1.28. The number of aliphatic carboxylic acids is 1. The molecule has 4 N–H and O–H groups in total. The third-order valence-electron chi connectivity index (χ3n) is 8.56. The second-order valence-electron chi connectivity index (χ2n) is 11.9. The second kappa shape index (κ2) is 14.0. The van der Waals surface area contributed by atoms with E-state index in [9.17, 15) is 24.3 Å². The molecule has 0 saturated heterocycles. The Labute approximate surface area is 290 Å². The molecule has 3 aromatic heterocycles. The van der Waals surface area contributed by atoms with Gasteiger partial charge in [0.2, 0.25) is 11.9 Å². The van der Waals surface area contributed by atoms with Crippen LogP contribution in [-0.2, 0) is 11.3 Å². The number of nitrogens with one attached hydrogen (secondary N) is 1. The summed E-state index contributed by atoms with van der Waals surface area (Å²) in [5.74, 6) is -1.58. The van der Waals surface area contributed by atoms with E-state index in [-0.39, 0.29) is 42.8 Å². The lowest BCUT2D eigenvalue weighted by Crippen LogP contribution is -2.26. The van der Waals surface area contributed by atoms with Crippen LogP contribution in [0.3, 0.4) is 0 Å². The lowest BCUT2D eigenvalue weighted by Gasteiger charge is -2.26. The summed E-state index contributed by atoms with van der Waals surface area (Å²) in [6, 6.07) is 9.77. The van der Waals surface area contributed by atoms with Crippen molar-refractivity contribution >= 4 is 62.0 Å². The largest absolute Gasteiger partial charge is 0.493 e. The second-order valence-corrected chi connectivity index (χ2v) is 13.0. The number of primary amides is 1. The van der Waals surface area contributed by atoms with Gasteiger partial charge < -0.3 is 25.1 Å². The van der Waals surface area contributed by atoms with Gasteiger partial charge in [-0.2, -0.15) is 5.10 Å². The molecule has 0 aliphatic carbocycles. The van der Waals surface area contributed by atoms with Crippen LogP contribution in [-0.4, -0.2) is 68.8 Å². The van der Waals surface area contributed by atoms with Crippen LogP contribution in [0.2, 0.25) is 0 Å². The molecule has 4 heterocycles. The molecule has 2 atom stereocenters. The molecule has 2 amide bonds. The molecule has 2 aromatic carbocycles. The van der Waals surface area contributed by atoms with E-state index in [1.807, 2.05) is 17.6 Å². The number of fused-ring (bicyclic) bond motifs is 1. The fourth-order valence-electron chi connectivity index (χ4n) is 6.07. The zero-order valence-corrected chi connectivity index (χ0v) is 28.7. The number of Topliss-reactive ketones (excluding diaryl/α,β-unsaturated/α-hetero) is 1. The van der Waals surface area contributed by atoms with Crippen molar-refractivity contribution in [2.24, 2.45) is 11.7 Å². The van der Waals surface area contributed by atoms with E-state index in [4.69, 9.17) is 19.9 Å². The maximum Gasteiger partial charge on any atom is 0.307 e. The lowest BCUT2D eigenvalue weighted by molar-refractivity contribution is -0.141. The third-order valence-corrected chi connectivity index (χ3v) is 9.70. The van der Waals surface area contributed by atoms with Gasteiger partial charge in [-0.1, -0.05) is 12.2 Å². The number of ether oxygens (including phenoxy) is 3. The molecule has 0 radical (unpaired) electrons. The van der Waals surface area contributed by atoms with Gasteiger partial charge in [0.15, 0.2) is 17.3 Å². The average molecular weight is 701 g/mol. The molecular weight excluding hydrogens is 664 g/mol. The zero-order valence-electron chi connectivity index (χ0n) is 27.9. The molecule has 0 saturated carbocycles. The number of hydrogen-bond acceptors (Lipinski definition) is 10. The standard InChI is InChI=1S/C35H36N6O8S/c1-5-40-24(10-18(2)39-40)33(44)38-35-37-23-11-21(32(36)43)14-28-31(23)41(35)22(17-49-28)9-7-6-8-19(34(45)46)12-25(42)30-15-20-13-26(47-3)27(48-4)16-29(20)50-30/h6-7,10-11,13-16,19,22H,5,8-9,12,17H2,1-4H3,(H2,36,43)(H,45,46)(H,37,38,44)/b7-6+/t19?,22-/m0/s1. The fraction of sp³-hybridized carbons (Fsp3) is 0.314. The van der Waals surface area contributed by atoms with Crippen LogP contribution in [0, 0.1) is 12.8 Å². The number of hydrogen-bond donors (Lipinski definition) is 3. The Kier molecular flexibility index (Phi) is 9.59. The summed E-state index contributed by atoms with van der Waals surface area (Å²) in [6.45, 7) is 4.37. The number of imidazole rings is 1. The number of carboxylic acids is 1. The molecule has 1 aliphatic heterocycles. The van der Waals surface area contributed by atoms with Crippen molar-refractivity contribution in [2.75, 3.05) is 26.1 Å². The highest BCUT2D eigenvalue weighted by Gasteiger charge is 2.29. The van der Waals surface area contributed by atoms with E-state index in [0.29, 0.717) is 57.5 Å². The molecule has 1 unspecified atom stereocenters. The molecule has 0 spiro atoms. The molecule has 5 aromatic rings. The van der Waals surface area contributed by atoms with Gasteiger partial charge >= 0.3 is 5.97 Å². The zero-order chi connectivity index (χ0) is 35.7. The van der Waals surface area contributed by atoms with Gasteiger partial charge in [0.1, 0.15) is 23.6 Å². The van der Waals surface area contributed by atoms with Gasteiger partial charge in [0, 0.05) is 29.3 Å². The van der Waals surface area contributed by atoms with Crippen molar-refractivity contribution in [1.29, 1.82) is 0 Å². The van der Waals surface area contributed by atoms with Crippen molar-refractivity contribution in [3.8, 4) is 17.2 Å². The molecule has 1 aliphatic rings. The SMILES string of the molecule is CCn1nc(C)cc1C(=O)Nc1nc2cc(C(N)=O)cc3c2n1[C@@H](C/C=C/CC(CC(=O)c1cc2cc(OC)c(OC)cc2s1)C(=O)O)CO3. The number of thiophene rings is 1. The number of methoxy groups -OCH3 is 2. The molecule has 15 heteroatoms. The van der Waals surface area contributed by atoms with E-state index in [1.165, 1.54) is 25.6 Å². The minimum atomic E-state index is -1.07. The monoisotopic (exact) mass is 700 g/mol. The molecule has 260 valence electrons. The molecular formula is C35H36N6O8S. The number of carbonyl (C=O) groups excluding carboxylic acids is 3. The van der Waals surface area contributed by atoms with Crippen molar-refractivity contribution in [1.82, 2.24) is 19.3 Å². The predicted molar refractivity (Wildman–Crippen MR) is 187 cm³/mol. The Bertz CT molecular complexity index is 2140. The number of ketones is 1. The van der Waals surface area contributed by atoms with E-state index < -0.39 is 23.7 Å². The summed E-state index contributed by atoms with van der Waals surface area (Å²) in [7, 11) is 3.07. The number of nitrogens with zero attached hydrogens (tertiary/aromatic N) is 4. The van der Waals surface area contributed by atoms with Crippen molar-refractivity contribution in [3.63, 3.8) is 0 Å². The average Bonchev–Trinajstić information content (AvgIpc) is 3.80. The first-order valence-corrected chi connectivity index (χ1v) is 16.7. The molecule has 0 fully saturated rings. The molecule has 50 heavy (non-hydrogen) atoms. The Hall–Kier alpha value is -5.70. The summed E-state index contributed by atoms with van der Waals surface area (Å²) in [5, 5.41) is 18.0. The number of rotatable bonds is 14. The first kappa shape index (κ1) is 34.2. The van der Waals surface area contributed by atoms with Crippen LogP contribution in [0.15, 0.2) is 48.6 Å². The number of benzene rings is 2.